The van der Waals surface area contributed by atoms with E-state index in [0.717, 1.165) is 18.1 Å². The minimum absolute atomic E-state index is 0.0951. The molecule has 112 valence electrons. The Labute approximate surface area is 126 Å². The van der Waals surface area contributed by atoms with Gasteiger partial charge < -0.3 is 5.73 Å². The first kappa shape index (κ1) is 14.3. The van der Waals surface area contributed by atoms with E-state index < -0.39 is 0 Å². The smallest absolute Gasteiger partial charge is 0.154 e. The van der Waals surface area contributed by atoms with Gasteiger partial charge in [0.2, 0.25) is 0 Å². The summed E-state index contributed by atoms with van der Waals surface area (Å²) in [5.74, 6) is 2.43. The summed E-state index contributed by atoms with van der Waals surface area (Å²) in [4.78, 5) is 4.76. The molecule has 21 heavy (non-hydrogen) atoms. The van der Waals surface area contributed by atoms with Gasteiger partial charge in [-0.1, -0.05) is 49.6 Å². The zero-order valence-electron chi connectivity index (χ0n) is 12.7. The van der Waals surface area contributed by atoms with Gasteiger partial charge >= 0.3 is 0 Å². The van der Waals surface area contributed by atoms with Crippen LogP contribution in [0.1, 0.15) is 61.3 Å². The fourth-order valence-electron chi connectivity index (χ4n) is 3.23. The normalized spacial score (nSPS) is 17.8. The topological polar surface area (TPSA) is 56.7 Å². The molecule has 2 aromatic rings. The molecule has 3 rings (SSSR count). The van der Waals surface area contributed by atoms with Crippen molar-refractivity contribution in [3.05, 3.63) is 47.5 Å². The van der Waals surface area contributed by atoms with Crippen LogP contribution in [0.4, 0.5) is 0 Å². The molecule has 0 amide bonds. The fourth-order valence-corrected chi connectivity index (χ4v) is 3.23. The molecule has 4 nitrogen and oxygen atoms in total. The monoisotopic (exact) mass is 284 g/mol. The van der Waals surface area contributed by atoms with Gasteiger partial charge in [0.05, 0.1) is 6.04 Å². The predicted molar refractivity (Wildman–Crippen MR) is 83.9 cm³/mol. The van der Waals surface area contributed by atoms with Gasteiger partial charge in [-0.05, 0) is 24.8 Å². The number of rotatable bonds is 4. The van der Waals surface area contributed by atoms with Crippen LogP contribution in [0.3, 0.4) is 0 Å². The van der Waals surface area contributed by atoms with E-state index >= 15 is 0 Å². The third-order valence-electron chi connectivity index (χ3n) is 4.41. The number of nitrogens with zero attached hydrogens (tertiary/aromatic N) is 3. The van der Waals surface area contributed by atoms with Crippen molar-refractivity contribution in [1.82, 2.24) is 14.8 Å². The summed E-state index contributed by atoms with van der Waals surface area (Å²) in [7, 11) is 1.96. The van der Waals surface area contributed by atoms with Crippen LogP contribution in [0.25, 0.3) is 0 Å². The highest BCUT2D eigenvalue weighted by Gasteiger charge is 2.22. The number of hydrogen-bond donors (Lipinski definition) is 1. The highest BCUT2D eigenvalue weighted by Crippen LogP contribution is 2.31. The van der Waals surface area contributed by atoms with Gasteiger partial charge in [-0.15, -0.1) is 0 Å². The van der Waals surface area contributed by atoms with Crippen molar-refractivity contribution in [3.63, 3.8) is 0 Å². The van der Waals surface area contributed by atoms with Crippen molar-refractivity contribution >= 4 is 0 Å². The molecule has 0 radical (unpaired) electrons. The van der Waals surface area contributed by atoms with Crippen molar-refractivity contribution in [3.8, 4) is 0 Å². The summed E-state index contributed by atoms with van der Waals surface area (Å²) in [5, 5.41) is 4.62. The molecule has 1 aliphatic carbocycles. The minimum Gasteiger partial charge on any atom is -0.321 e. The molecule has 0 spiro atoms. The van der Waals surface area contributed by atoms with Crippen molar-refractivity contribution < 1.29 is 0 Å². The van der Waals surface area contributed by atoms with Crippen LogP contribution < -0.4 is 5.73 Å². The fraction of sp³-hybridized carbons (Fsp3) is 0.529. The van der Waals surface area contributed by atoms with E-state index in [0.29, 0.717) is 5.92 Å². The maximum absolute atomic E-state index is 6.35. The lowest BCUT2D eigenvalue weighted by atomic mass is 9.89. The van der Waals surface area contributed by atoms with Crippen molar-refractivity contribution in [2.45, 2.75) is 50.5 Å². The van der Waals surface area contributed by atoms with E-state index in [1.807, 2.05) is 29.9 Å². The van der Waals surface area contributed by atoms with Gasteiger partial charge in [-0.3, -0.25) is 4.68 Å². The average molecular weight is 284 g/mol. The van der Waals surface area contributed by atoms with Gasteiger partial charge in [-0.25, -0.2) is 4.98 Å². The molecule has 1 atom stereocenters. The van der Waals surface area contributed by atoms with Crippen molar-refractivity contribution in [2.75, 3.05) is 0 Å². The Morgan fingerprint density at radius 2 is 1.90 bits per heavy atom. The molecular weight excluding hydrogens is 260 g/mol. The standard InChI is InChI=1S/C17H24N4/c1-21-17(15(18)12-13-8-4-2-5-9-13)19-16(20-21)14-10-6-3-7-11-14/h2,4-5,8-9,14-15H,3,6-7,10-12,18H2,1H3. The maximum Gasteiger partial charge on any atom is 0.154 e. The molecule has 0 bridgehead atoms. The van der Waals surface area contributed by atoms with Crippen LogP contribution in [0.5, 0.6) is 0 Å². The molecule has 1 saturated carbocycles. The van der Waals surface area contributed by atoms with Gasteiger partial charge in [0.25, 0.3) is 0 Å². The molecule has 1 unspecified atom stereocenters. The first-order valence-corrected chi connectivity index (χ1v) is 7.94. The van der Waals surface area contributed by atoms with Crippen molar-refractivity contribution in [2.24, 2.45) is 12.8 Å². The molecule has 1 aliphatic rings. The second kappa shape index (κ2) is 6.39. The van der Waals surface area contributed by atoms with Crippen LogP contribution in [0, 0.1) is 0 Å². The van der Waals surface area contributed by atoms with Gasteiger partial charge in [0.1, 0.15) is 5.82 Å². The SMILES string of the molecule is Cn1nc(C2CCCCC2)nc1C(N)Cc1ccccc1. The number of hydrogen-bond acceptors (Lipinski definition) is 3. The summed E-state index contributed by atoms with van der Waals surface area (Å²) in [5.41, 5.74) is 7.59. The largest absolute Gasteiger partial charge is 0.321 e. The van der Waals surface area contributed by atoms with Crippen LogP contribution in [-0.4, -0.2) is 14.8 Å². The van der Waals surface area contributed by atoms with Gasteiger partial charge in [0.15, 0.2) is 5.82 Å². The number of aromatic nitrogens is 3. The molecule has 0 saturated heterocycles. The Morgan fingerprint density at radius 3 is 2.62 bits per heavy atom. The molecule has 4 heteroatoms. The predicted octanol–water partition coefficient (Wildman–Crippen LogP) is 3.11. The van der Waals surface area contributed by atoms with E-state index in [-0.39, 0.29) is 6.04 Å². The quantitative estimate of drug-likeness (QED) is 0.938. The zero-order chi connectivity index (χ0) is 14.7. The van der Waals surface area contributed by atoms with Crippen LogP contribution in [-0.2, 0) is 13.5 Å². The summed E-state index contributed by atoms with van der Waals surface area (Å²) in [6.07, 6.45) is 7.19. The number of benzene rings is 1. The number of aryl methyl sites for hydroxylation is 1. The molecule has 1 heterocycles. The van der Waals surface area contributed by atoms with E-state index in [1.54, 1.807) is 0 Å². The second-order valence-electron chi connectivity index (χ2n) is 6.08. The molecule has 0 aliphatic heterocycles. The van der Waals surface area contributed by atoms with E-state index in [2.05, 4.69) is 17.2 Å². The highest BCUT2D eigenvalue weighted by atomic mass is 15.3. The first-order valence-electron chi connectivity index (χ1n) is 7.94. The minimum atomic E-state index is -0.0951. The lowest BCUT2D eigenvalue weighted by molar-refractivity contribution is 0.427. The number of nitrogens with two attached hydrogens (primary N) is 1. The van der Waals surface area contributed by atoms with Crippen molar-refractivity contribution in [1.29, 1.82) is 0 Å². The first-order chi connectivity index (χ1) is 10.2. The molecule has 1 aromatic carbocycles. The summed E-state index contributed by atoms with van der Waals surface area (Å²) in [6.45, 7) is 0. The van der Waals surface area contributed by atoms with E-state index in [9.17, 15) is 0 Å². The summed E-state index contributed by atoms with van der Waals surface area (Å²) >= 11 is 0. The third-order valence-corrected chi connectivity index (χ3v) is 4.41. The average Bonchev–Trinajstić information content (AvgIpc) is 2.91. The Hall–Kier alpha value is -1.68. The summed E-state index contributed by atoms with van der Waals surface area (Å²) in [6, 6.07) is 10.2. The van der Waals surface area contributed by atoms with Gasteiger partial charge in [0, 0.05) is 13.0 Å². The molecule has 1 aromatic heterocycles. The Balaban J connectivity index is 1.74. The Bertz CT molecular complexity index is 570. The lowest BCUT2D eigenvalue weighted by Gasteiger charge is -2.18. The zero-order valence-corrected chi connectivity index (χ0v) is 12.7. The lowest BCUT2D eigenvalue weighted by Crippen LogP contribution is -2.18. The van der Waals surface area contributed by atoms with Gasteiger partial charge in [-0.2, -0.15) is 5.10 Å². The highest BCUT2D eigenvalue weighted by molar-refractivity contribution is 5.17. The molecule has 2 N–H and O–H groups in total. The maximum atomic E-state index is 6.35. The van der Waals surface area contributed by atoms with E-state index in [4.69, 9.17) is 10.7 Å². The third kappa shape index (κ3) is 3.32. The summed E-state index contributed by atoms with van der Waals surface area (Å²) < 4.78 is 1.87. The second-order valence-corrected chi connectivity index (χ2v) is 6.08. The Morgan fingerprint density at radius 1 is 1.19 bits per heavy atom. The van der Waals surface area contributed by atoms with Crippen LogP contribution in [0.2, 0.25) is 0 Å². The van der Waals surface area contributed by atoms with Crippen LogP contribution in [0.15, 0.2) is 30.3 Å². The van der Waals surface area contributed by atoms with E-state index in [1.165, 1.54) is 37.7 Å². The Kier molecular flexibility index (Phi) is 4.34. The van der Waals surface area contributed by atoms with Crippen LogP contribution >= 0.6 is 0 Å². The molecular formula is C17H24N4. The molecule has 1 fully saturated rings.